The highest BCUT2D eigenvalue weighted by atomic mass is 79.9. The molecule has 0 spiro atoms. The van der Waals surface area contributed by atoms with Crippen LogP contribution in [-0.4, -0.2) is 65.2 Å². The molecule has 0 aliphatic carbocycles. The van der Waals surface area contributed by atoms with Crippen molar-refractivity contribution in [3.63, 3.8) is 0 Å². The van der Waals surface area contributed by atoms with Crippen LogP contribution in [0.4, 0.5) is 5.13 Å². The van der Waals surface area contributed by atoms with Crippen molar-refractivity contribution in [2.24, 2.45) is 0 Å². The molecule has 3 rings (SSSR count). The second-order valence-corrected chi connectivity index (χ2v) is 11.7. The van der Waals surface area contributed by atoms with Crippen LogP contribution in [0.5, 0.6) is 0 Å². The molecular weight excluding hydrogens is 506 g/mol. The highest BCUT2D eigenvalue weighted by Crippen LogP contribution is 2.28. The standard InChI is InChI=1S/C16H18BrN3O6S3/c1-28(22,23)14-8-11(17)2-3-13(14)29(24,25)19-16-18-12(10-27-16)9-15(21)20-4-6-26-7-5-20/h2-3,8,10H,4-7,9H2,1H3,(H,18,19). The van der Waals surface area contributed by atoms with Gasteiger partial charge >= 0.3 is 0 Å². The molecule has 1 saturated heterocycles. The number of hydrogen-bond donors (Lipinski definition) is 1. The van der Waals surface area contributed by atoms with Gasteiger partial charge in [-0.25, -0.2) is 21.8 Å². The number of aromatic nitrogens is 1. The predicted octanol–water partition coefficient (Wildman–Crippen LogP) is 1.51. The smallest absolute Gasteiger partial charge is 0.264 e. The average Bonchev–Trinajstić information content (AvgIpc) is 3.07. The fraction of sp³-hybridized carbons (Fsp3) is 0.375. The minimum Gasteiger partial charge on any atom is -0.378 e. The van der Waals surface area contributed by atoms with Crippen LogP contribution in [0.15, 0.2) is 37.8 Å². The number of morpholine rings is 1. The van der Waals surface area contributed by atoms with Gasteiger partial charge in [-0.1, -0.05) is 15.9 Å². The van der Waals surface area contributed by atoms with Crippen molar-refractivity contribution >= 4 is 58.2 Å². The first-order valence-corrected chi connectivity index (χ1v) is 13.4. The molecule has 13 heteroatoms. The average molecular weight is 524 g/mol. The highest BCUT2D eigenvalue weighted by Gasteiger charge is 2.26. The van der Waals surface area contributed by atoms with Crippen LogP contribution in [-0.2, 0) is 35.8 Å². The summed E-state index contributed by atoms with van der Waals surface area (Å²) in [4.78, 5) is 17.4. The highest BCUT2D eigenvalue weighted by molar-refractivity contribution is 9.10. The molecule has 1 aliphatic rings. The summed E-state index contributed by atoms with van der Waals surface area (Å²) in [5, 5.41) is 1.65. The van der Waals surface area contributed by atoms with Crippen molar-refractivity contribution in [1.29, 1.82) is 0 Å². The molecule has 2 heterocycles. The Balaban J connectivity index is 1.78. The summed E-state index contributed by atoms with van der Waals surface area (Å²) in [7, 11) is -7.97. The van der Waals surface area contributed by atoms with E-state index < -0.39 is 19.9 Å². The number of anilines is 1. The lowest BCUT2D eigenvalue weighted by molar-refractivity contribution is -0.134. The number of carbonyl (C=O) groups is 1. The number of rotatable bonds is 6. The fourth-order valence-electron chi connectivity index (χ4n) is 2.68. The van der Waals surface area contributed by atoms with E-state index in [-0.39, 0.29) is 27.3 Å². The third kappa shape index (κ3) is 5.54. The first kappa shape index (κ1) is 22.2. The Morgan fingerprint density at radius 1 is 1.24 bits per heavy atom. The van der Waals surface area contributed by atoms with Crippen molar-refractivity contribution in [2.75, 3.05) is 37.3 Å². The Kier molecular flexibility index (Phi) is 6.63. The van der Waals surface area contributed by atoms with Crippen molar-refractivity contribution < 1.29 is 26.4 Å². The number of halogens is 1. The van der Waals surface area contributed by atoms with Gasteiger partial charge in [0.05, 0.1) is 30.2 Å². The normalized spacial score (nSPS) is 15.3. The lowest BCUT2D eigenvalue weighted by Gasteiger charge is -2.26. The van der Waals surface area contributed by atoms with Crippen LogP contribution in [0.3, 0.4) is 0 Å². The molecule has 29 heavy (non-hydrogen) atoms. The van der Waals surface area contributed by atoms with Crippen molar-refractivity contribution in [3.8, 4) is 0 Å². The number of nitrogens with zero attached hydrogens (tertiary/aromatic N) is 2. The molecule has 1 fully saturated rings. The Hall–Kier alpha value is -1.54. The number of carbonyl (C=O) groups excluding carboxylic acids is 1. The lowest BCUT2D eigenvalue weighted by atomic mass is 10.3. The Morgan fingerprint density at radius 2 is 1.93 bits per heavy atom. The lowest BCUT2D eigenvalue weighted by Crippen LogP contribution is -2.41. The molecule has 1 aromatic heterocycles. The number of amides is 1. The van der Waals surface area contributed by atoms with Gasteiger partial charge < -0.3 is 9.64 Å². The molecule has 0 unspecified atom stereocenters. The van der Waals surface area contributed by atoms with Gasteiger partial charge in [-0.05, 0) is 18.2 Å². The maximum absolute atomic E-state index is 12.7. The van der Waals surface area contributed by atoms with E-state index >= 15 is 0 Å². The van der Waals surface area contributed by atoms with Crippen molar-refractivity contribution in [3.05, 3.63) is 33.7 Å². The number of sulfone groups is 1. The van der Waals surface area contributed by atoms with E-state index in [0.29, 0.717) is 36.5 Å². The van der Waals surface area contributed by atoms with Gasteiger partial charge in [-0.3, -0.25) is 9.52 Å². The zero-order valence-corrected chi connectivity index (χ0v) is 19.3. The van der Waals surface area contributed by atoms with E-state index in [1.165, 1.54) is 18.2 Å². The molecule has 1 aromatic carbocycles. The quantitative estimate of drug-likeness (QED) is 0.608. The largest absolute Gasteiger partial charge is 0.378 e. The molecule has 1 amide bonds. The minimum atomic E-state index is -4.19. The predicted molar refractivity (Wildman–Crippen MR) is 111 cm³/mol. The van der Waals surface area contributed by atoms with Gasteiger partial charge in [0.2, 0.25) is 5.91 Å². The summed E-state index contributed by atoms with van der Waals surface area (Å²) < 4.78 is 57.4. The van der Waals surface area contributed by atoms with E-state index in [4.69, 9.17) is 4.74 Å². The third-order valence-corrected chi connectivity index (χ3v) is 8.16. The second kappa shape index (κ2) is 8.68. The van der Waals surface area contributed by atoms with Crippen LogP contribution in [0.1, 0.15) is 5.69 Å². The monoisotopic (exact) mass is 523 g/mol. The van der Waals surface area contributed by atoms with Crippen molar-refractivity contribution in [2.45, 2.75) is 16.2 Å². The topological polar surface area (TPSA) is 123 Å². The number of sulfonamides is 1. The van der Waals surface area contributed by atoms with Crippen LogP contribution in [0.25, 0.3) is 0 Å². The molecule has 9 nitrogen and oxygen atoms in total. The molecular formula is C16H18BrN3O6S3. The summed E-state index contributed by atoms with van der Waals surface area (Å²) in [6.45, 7) is 2.01. The second-order valence-electron chi connectivity index (χ2n) is 6.28. The van der Waals surface area contributed by atoms with Crippen LogP contribution < -0.4 is 4.72 Å². The van der Waals surface area contributed by atoms with E-state index in [2.05, 4.69) is 25.6 Å². The summed E-state index contributed by atoms with van der Waals surface area (Å²) in [5.41, 5.74) is 0.434. The number of benzene rings is 1. The first-order valence-electron chi connectivity index (χ1n) is 8.38. The van der Waals surface area contributed by atoms with Crippen LogP contribution >= 0.6 is 27.3 Å². The number of hydrogen-bond acceptors (Lipinski definition) is 8. The van der Waals surface area contributed by atoms with Gasteiger partial charge in [-0.15, -0.1) is 11.3 Å². The molecule has 0 saturated carbocycles. The number of thiazole rings is 1. The Morgan fingerprint density at radius 3 is 2.59 bits per heavy atom. The maximum atomic E-state index is 12.7. The zero-order chi connectivity index (χ0) is 21.2. The summed E-state index contributed by atoms with van der Waals surface area (Å²) in [6.07, 6.45) is 0.984. The van der Waals surface area contributed by atoms with E-state index in [1.807, 2.05) is 0 Å². The van der Waals surface area contributed by atoms with E-state index in [9.17, 15) is 21.6 Å². The molecule has 158 valence electrons. The zero-order valence-electron chi connectivity index (χ0n) is 15.3. The summed E-state index contributed by atoms with van der Waals surface area (Å²) >= 11 is 4.17. The molecule has 0 radical (unpaired) electrons. The maximum Gasteiger partial charge on any atom is 0.264 e. The van der Waals surface area contributed by atoms with E-state index in [0.717, 1.165) is 17.6 Å². The van der Waals surface area contributed by atoms with Gasteiger partial charge in [0.15, 0.2) is 15.0 Å². The van der Waals surface area contributed by atoms with Crippen molar-refractivity contribution in [1.82, 2.24) is 9.88 Å². The number of nitrogens with one attached hydrogen (secondary N) is 1. The first-order chi connectivity index (χ1) is 13.6. The fourth-order valence-corrected chi connectivity index (χ4v) is 6.78. The minimum absolute atomic E-state index is 0.0467. The molecule has 0 atom stereocenters. The van der Waals surface area contributed by atoms with Gasteiger partial charge in [-0.2, -0.15) is 0 Å². The molecule has 2 aromatic rings. The summed E-state index contributed by atoms with van der Waals surface area (Å²) in [6, 6.07) is 3.88. The Bertz CT molecular complexity index is 1120. The van der Waals surface area contributed by atoms with Gasteiger partial charge in [0, 0.05) is 29.2 Å². The number of ether oxygens (including phenoxy) is 1. The van der Waals surface area contributed by atoms with E-state index in [1.54, 1.807) is 10.3 Å². The molecule has 1 N–H and O–H groups in total. The Labute approximate surface area is 181 Å². The molecule has 1 aliphatic heterocycles. The SMILES string of the molecule is CS(=O)(=O)c1cc(Br)ccc1S(=O)(=O)Nc1nc(CC(=O)N2CCOCC2)cs1. The van der Waals surface area contributed by atoms with Gasteiger partial charge in [0.1, 0.15) is 4.90 Å². The van der Waals surface area contributed by atoms with Crippen LogP contribution in [0, 0.1) is 0 Å². The molecule has 0 bridgehead atoms. The third-order valence-electron chi connectivity index (χ3n) is 4.06. The summed E-state index contributed by atoms with van der Waals surface area (Å²) in [5.74, 6) is -0.111. The van der Waals surface area contributed by atoms with Crippen LogP contribution in [0.2, 0.25) is 0 Å². The van der Waals surface area contributed by atoms with Gasteiger partial charge in [0.25, 0.3) is 10.0 Å².